The van der Waals surface area contributed by atoms with Crippen LogP contribution in [0.5, 0.6) is 5.75 Å². The summed E-state index contributed by atoms with van der Waals surface area (Å²) in [7, 11) is 1.54. The fourth-order valence-electron chi connectivity index (χ4n) is 5.72. The van der Waals surface area contributed by atoms with E-state index in [9.17, 15) is 24.5 Å². The first-order valence-electron chi connectivity index (χ1n) is 11.8. The minimum Gasteiger partial charge on any atom is -0.497 e. The Balaban J connectivity index is 1.45. The van der Waals surface area contributed by atoms with Crippen LogP contribution in [0.15, 0.2) is 78.9 Å². The summed E-state index contributed by atoms with van der Waals surface area (Å²) < 4.78 is 5.22. The van der Waals surface area contributed by atoms with Crippen LogP contribution in [0, 0.1) is 22.0 Å². The highest BCUT2D eigenvalue weighted by Crippen LogP contribution is 2.49. The van der Waals surface area contributed by atoms with Crippen LogP contribution >= 0.6 is 0 Å². The van der Waals surface area contributed by atoms with Gasteiger partial charge >= 0.3 is 0 Å². The Morgan fingerprint density at radius 2 is 1.59 bits per heavy atom. The van der Waals surface area contributed by atoms with Crippen molar-refractivity contribution >= 4 is 40.7 Å². The minimum atomic E-state index is -0.918. The number of benzene rings is 3. The number of Topliss-reactive ketones (excluding diaryl/α,β-unsaturated/α-hetero) is 1. The third-order valence-corrected chi connectivity index (χ3v) is 7.38. The van der Waals surface area contributed by atoms with E-state index >= 15 is 0 Å². The lowest BCUT2D eigenvalue weighted by Gasteiger charge is -2.36. The summed E-state index contributed by atoms with van der Waals surface area (Å²) in [6.07, 6.45) is 3.80. The Hall–Kier alpha value is -4.79. The van der Waals surface area contributed by atoms with Crippen molar-refractivity contribution in [2.45, 2.75) is 12.1 Å². The van der Waals surface area contributed by atoms with Gasteiger partial charge in [0.1, 0.15) is 11.8 Å². The summed E-state index contributed by atoms with van der Waals surface area (Å²) in [5.41, 5.74) is 2.20. The van der Waals surface area contributed by atoms with Gasteiger partial charge in [0.2, 0.25) is 11.8 Å². The molecule has 37 heavy (non-hydrogen) atoms. The molecule has 3 aromatic rings. The molecule has 0 spiro atoms. The molecule has 3 aromatic carbocycles. The molecule has 0 radical (unpaired) electrons. The smallest absolute Gasteiger partial charge is 0.269 e. The molecule has 9 nitrogen and oxygen atoms in total. The lowest BCUT2D eigenvalue weighted by molar-refractivity contribution is -0.384. The Morgan fingerprint density at radius 1 is 0.919 bits per heavy atom. The third-order valence-electron chi connectivity index (χ3n) is 7.38. The highest BCUT2D eigenvalue weighted by atomic mass is 16.6. The van der Waals surface area contributed by atoms with Crippen LogP contribution in [0.2, 0.25) is 0 Å². The topological polar surface area (TPSA) is 110 Å². The Labute approximate surface area is 211 Å². The molecule has 3 heterocycles. The highest BCUT2D eigenvalue weighted by Gasteiger charge is 2.64. The summed E-state index contributed by atoms with van der Waals surface area (Å²) in [6, 6.07) is 18.2. The van der Waals surface area contributed by atoms with E-state index in [1.807, 2.05) is 41.3 Å². The summed E-state index contributed by atoms with van der Waals surface area (Å²) >= 11 is 0. The SMILES string of the molecule is COc1ccc(C(=O)C2C3C(=O)N(c4ccc([N+](=O)[O-])cc4)C(=O)C3C3C=Cc4ccccc4N32)cc1. The van der Waals surface area contributed by atoms with E-state index in [0.29, 0.717) is 11.3 Å². The second-order valence-electron chi connectivity index (χ2n) is 9.19. The van der Waals surface area contributed by atoms with Gasteiger partial charge in [0, 0.05) is 23.4 Å². The first-order valence-corrected chi connectivity index (χ1v) is 11.8. The number of rotatable bonds is 5. The molecule has 0 bridgehead atoms. The van der Waals surface area contributed by atoms with Crippen LogP contribution in [0.4, 0.5) is 17.1 Å². The van der Waals surface area contributed by atoms with Crippen molar-refractivity contribution in [1.82, 2.24) is 0 Å². The van der Waals surface area contributed by atoms with Gasteiger partial charge < -0.3 is 9.64 Å². The maximum Gasteiger partial charge on any atom is 0.269 e. The number of hydrogen-bond acceptors (Lipinski definition) is 7. The number of ketones is 1. The van der Waals surface area contributed by atoms with Gasteiger partial charge in [-0.15, -0.1) is 0 Å². The molecule has 2 fully saturated rings. The Kier molecular flexibility index (Phi) is 5.15. The molecule has 3 aliphatic heterocycles. The minimum absolute atomic E-state index is 0.145. The summed E-state index contributed by atoms with van der Waals surface area (Å²) in [6.45, 7) is 0. The molecular formula is C28H21N3O6. The molecule has 6 rings (SSSR count). The second kappa shape index (κ2) is 8.41. The Morgan fingerprint density at radius 3 is 2.27 bits per heavy atom. The first kappa shape index (κ1) is 22.7. The number of hydrogen-bond donors (Lipinski definition) is 0. The molecular weight excluding hydrogens is 474 g/mol. The molecule has 0 aromatic heterocycles. The molecule has 3 aliphatic rings. The lowest BCUT2D eigenvalue weighted by Crippen LogP contribution is -2.48. The fraction of sp³-hybridized carbons (Fsp3) is 0.179. The molecule has 2 saturated heterocycles. The van der Waals surface area contributed by atoms with Gasteiger partial charge in [-0.2, -0.15) is 0 Å². The predicted octanol–water partition coefficient (Wildman–Crippen LogP) is 3.88. The summed E-state index contributed by atoms with van der Waals surface area (Å²) in [5.74, 6) is -2.28. The average molecular weight is 495 g/mol. The summed E-state index contributed by atoms with van der Waals surface area (Å²) in [4.78, 5) is 55.1. The number of methoxy groups -OCH3 is 1. The lowest BCUT2D eigenvalue weighted by atomic mass is 9.86. The predicted molar refractivity (Wildman–Crippen MR) is 135 cm³/mol. The number of nitro benzene ring substituents is 1. The number of nitro groups is 1. The molecule has 4 atom stereocenters. The van der Waals surface area contributed by atoms with Crippen LogP contribution in [0.25, 0.3) is 6.08 Å². The molecule has 0 N–H and O–H groups in total. The average Bonchev–Trinajstić information content (AvgIpc) is 3.41. The number of para-hydroxylation sites is 1. The number of fused-ring (bicyclic) bond motifs is 5. The second-order valence-corrected chi connectivity index (χ2v) is 9.19. The van der Waals surface area contributed by atoms with Gasteiger partial charge in [-0.3, -0.25) is 24.5 Å². The van der Waals surface area contributed by atoms with Gasteiger partial charge in [0.25, 0.3) is 5.69 Å². The van der Waals surface area contributed by atoms with Gasteiger partial charge in [0.15, 0.2) is 5.78 Å². The monoisotopic (exact) mass is 495 g/mol. The zero-order valence-corrected chi connectivity index (χ0v) is 19.7. The van der Waals surface area contributed by atoms with E-state index < -0.39 is 40.7 Å². The van der Waals surface area contributed by atoms with Crippen LogP contribution in [0.1, 0.15) is 15.9 Å². The van der Waals surface area contributed by atoms with E-state index in [-0.39, 0.29) is 17.2 Å². The fourth-order valence-corrected chi connectivity index (χ4v) is 5.72. The molecule has 0 saturated carbocycles. The largest absolute Gasteiger partial charge is 0.497 e. The van der Waals surface area contributed by atoms with Crippen molar-refractivity contribution in [3.05, 3.63) is 100 Å². The van der Waals surface area contributed by atoms with Gasteiger partial charge in [-0.25, -0.2) is 4.90 Å². The van der Waals surface area contributed by atoms with Crippen molar-refractivity contribution in [1.29, 1.82) is 0 Å². The normalized spacial score (nSPS) is 23.5. The van der Waals surface area contributed by atoms with Crippen molar-refractivity contribution in [2.75, 3.05) is 16.9 Å². The number of imide groups is 1. The number of carbonyl (C=O) groups is 3. The van der Waals surface area contributed by atoms with Crippen LogP contribution < -0.4 is 14.5 Å². The Bertz CT molecular complexity index is 1480. The quantitative estimate of drug-likeness (QED) is 0.229. The third kappa shape index (κ3) is 3.35. The van der Waals surface area contributed by atoms with Gasteiger partial charge in [-0.05, 0) is 48.0 Å². The first-order chi connectivity index (χ1) is 17.9. The molecule has 9 heteroatoms. The number of non-ortho nitro benzene ring substituents is 1. The maximum absolute atomic E-state index is 14.0. The molecule has 2 amide bonds. The van der Waals surface area contributed by atoms with Gasteiger partial charge in [-0.1, -0.05) is 30.4 Å². The van der Waals surface area contributed by atoms with E-state index in [1.54, 1.807) is 24.3 Å². The van der Waals surface area contributed by atoms with Crippen molar-refractivity contribution in [3.63, 3.8) is 0 Å². The van der Waals surface area contributed by atoms with E-state index in [0.717, 1.165) is 16.2 Å². The van der Waals surface area contributed by atoms with E-state index in [1.165, 1.54) is 31.4 Å². The highest BCUT2D eigenvalue weighted by molar-refractivity contribution is 6.25. The number of ether oxygens (including phenoxy) is 1. The molecule has 184 valence electrons. The van der Waals surface area contributed by atoms with Crippen molar-refractivity contribution in [3.8, 4) is 5.75 Å². The maximum atomic E-state index is 14.0. The van der Waals surface area contributed by atoms with Crippen LogP contribution in [0.3, 0.4) is 0 Å². The standard InChI is InChI=1S/C28H21N3O6/c1-37-20-13-6-17(7-14-20)26(32)25-24-23(22-15-8-16-4-2-3-5-21(16)30(22)25)27(33)29(28(24)34)18-9-11-19(12-10-18)31(35)36/h2-15,22-25H,1H3. The molecule has 0 aliphatic carbocycles. The molecule has 4 unspecified atom stereocenters. The van der Waals surface area contributed by atoms with Crippen molar-refractivity contribution < 1.29 is 24.0 Å². The van der Waals surface area contributed by atoms with Crippen LogP contribution in [-0.4, -0.2) is 41.7 Å². The number of anilines is 2. The van der Waals surface area contributed by atoms with Crippen molar-refractivity contribution in [2.24, 2.45) is 11.8 Å². The zero-order chi connectivity index (χ0) is 25.8. The van der Waals surface area contributed by atoms with E-state index in [4.69, 9.17) is 4.74 Å². The number of amides is 2. The summed E-state index contributed by atoms with van der Waals surface area (Å²) in [5, 5.41) is 11.1. The number of carbonyl (C=O) groups excluding carboxylic acids is 3. The van der Waals surface area contributed by atoms with Crippen LogP contribution in [-0.2, 0) is 9.59 Å². The van der Waals surface area contributed by atoms with E-state index in [2.05, 4.69) is 0 Å². The van der Waals surface area contributed by atoms with Gasteiger partial charge in [0.05, 0.1) is 35.6 Å². The number of nitrogens with zero attached hydrogens (tertiary/aromatic N) is 3. The zero-order valence-electron chi connectivity index (χ0n) is 19.7.